The van der Waals surface area contributed by atoms with Gasteiger partial charge in [0.2, 0.25) is 5.24 Å². The Balaban J connectivity index is 0.000000942. The van der Waals surface area contributed by atoms with E-state index in [1.54, 1.807) is 34.6 Å². The second-order valence-electron chi connectivity index (χ2n) is 19.2. The number of carbonyl (C=O) groups excluding carboxylic acids is 8. The van der Waals surface area contributed by atoms with Crippen molar-refractivity contribution in [2.75, 3.05) is 14.2 Å². The molecule has 0 aromatic carbocycles. The lowest BCUT2D eigenvalue weighted by Gasteiger charge is -2.38. The molecule has 2 N–H and O–H groups in total. The molecule has 19 heteroatoms. The second kappa shape index (κ2) is 30.5. The van der Waals surface area contributed by atoms with Crippen molar-refractivity contribution in [2.45, 2.75) is 194 Å². The van der Waals surface area contributed by atoms with E-state index >= 15 is 0 Å². The van der Waals surface area contributed by atoms with Gasteiger partial charge in [-0.2, -0.15) is 0 Å². The fourth-order valence-corrected chi connectivity index (χ4v) is 7.83. The van der Waals surface area contributed by atoms with Gasteiger partial charge in [-0.25, -0.2) is 14.4 Å². The van der Waals surface area contributed by atoms with Crippen LogP contribution in [-0.4, -0.2) is 113 Å². The minimum absolute atomic E-state index is 0.00259. The van der Waals surface area contributed by atoms with Crippen LogP contribution in [0, 0.1) is 17.8 Å². The molecule has 0 unspecified atom stereocenters. The largest absolute Gasteiger partial charge is 0.481 e. The maximum absolute atomic E-state index is 11.8. The summed E-state index contributed by atoms with van der Waals surface area (Å²) in [6, 6.07) is 0. The molecule has 3 aliphatic rings. The SMILES string of the molecule is C=C(C)C(=O)OC1CCC(C(C)(C)O)CC1.C=C(C)C(=O)OC1CCC(C(C)(C)OC(=O)CC(=O)O)CC1.C=C(C)C(=O)OC1CCC(C(C)(C)OC(=O)CC(=O)OC)CC1.COC(=O)CC(=O)Cl. The van der Waals surface area contributed by atoms with Gasteiger partial charge in [-0.1, -0.05) is 19.7 Å². The van der Waals surface area contributed by atoms with Crippen LogP contribution in [-0.2, 0) is 76.3 Å². The van der Waals surface area contributed by atoms with E-state index in [1.807, 2.05) is 27.7 Å². The third-order valence-corrected chi connectivity index (χ3v) is 12.1. The second-order valence-corrected chi connectivity index (χ2v) is 19.6. The molecule has 3 saturated carbocycles. The first-order valence-electron chi connectivity index (χ1n) is 23.0. The zero-order chi connectivity index (χ0) is 53.4. The maximum Gasteiger partial charge on any atom is 0.333 e. The lowest BCUT2D eigenvalue weighted by Crippen LogP contribution is -2.40. The van der Waals surface area contributed by atoms with E-state index in [1.165, 1.54) is 14.2 Å². The summed E-state index contributed by atoms with van der Waals surface area (Å²) in [4.78, 5) is 99.2. The number of carboxylic acid groups (broad SMARTS) is 1. The van der Waals surface area contributed by atoms with Crippen molar-refractivity contribution >= 4 is 64.6 Å². The molecule has 0 aromatic rings. The fourth-order valence-electron chi connectivity index (χ4n) is 7.72. The molecule has 0 saturated heterocycles. The molecule has 0 atom stereocenters. The summed E-state index contributed by atoms with van der Waals surface area (Å²) in [5.74, 6) is -4.19. The van der Waals surface area contributed by atoms with Crippen molar-refractivity contribution in [1.82, 2.24) is 0 Å². The summed E-state index contributed by atoms with van der Waals surface area (Å²) in [6.07, 6.45) is 7.82. The Kier molecular flexibility index (Phi) is 28.2. The van der Waals surface area contributed by atoms with Crippen LogP contribution in [0.1, 0.15) is 159 Å². The number of rotatable bonds is 17. The van der Waals surface area contributed by atoms with Gasteiger partial charge in [-0.3, -0.25) is 28.8 Å². The van der Waals surface area contributed by atoms with Gasteiger partial charge in [0, 0.05) is 16.7 Å². The smallest absolute Gasteiger partial charge is 0.333 e. The Morgan fingerprint density at radius 3 is 0.986 bits per heavy atom. The Labute approximate surface area is 412 Å². The third kappa shape index (κ3) is 27.0. The molecule has 0 spiro atoms. The molecule has 0 amide bonds. The van der Waals surface area contributed by atoms with Gasteiger partial charge in [0.25, 0.3) is 0 Å². The zero-order valence-corrected chi connectivity index (χ0v) is 43.3. The number of ether oxygens (including phenoxy) is 7. The first kappa shape index (κ1) is 63.9. The van der Waals surface area contributed by atoms with Crippen molar-refractivity contribution in [1.29, 1.82) is 0 Å². The summed E-state index contributed by atoms with van der Waals surface area (Å²) >= 11 is 4.81. The first-order valence-corrected chi connectivity index (χ1v) is 23.4. The molecule has 0 aliphatic heterocycles. The number of esters is 7. The normalized spacial score (nSPS) is 21.1. The molecule has 3 aliphatic carbocycles. The number of hydrogen-bond acceptors (Lipinski definition) is 17. The van der Waals surface area contributed by atoms with Crippen LogP contribution in [0.5, 0.6) is 0 Å². The van der Waals surface area contributed by atoms with Crippen molar-refractivity contribution in [2.24, 2.45) is 17.8 Å². The van der Waals surface area contributed by atoms with Gasteiger partial charge in [-0.15, -0.1) is 0 Å². The van der Waals surface area contributed by atoms with E-state index in [0.717, 1.165) is 64.2 Å². The fraction of sp³-hybridized carbons (Fsp3) is 0.700. The predicted octanol–water partition coefficient (Wildman–Crippen LogP) is 7.76. The van der Waals surface area contributed by atoms with Crippen LogP contribution in [0.3, 0.4) is 0 Å². The summed E-state index contributed by atoms with van der Waals surface area (Å²) < 4.78 is 35.3. The highest BCUT2D eigenvalue weighted by atomic mass is 35.5. The summed E-state index contributed by atoms with van der Waals surface area (Å²) in [5, 5.41) is 17.8. The van der Waals surface area contributed by atoms with Crippen molar-refractivity contribution < 1.29 is 86.5 Å². The molecule has 3 fully saturated rings. The van der Waals surface area contributed by atoms with E-state index in [0.29, 0.717) is 35.5 Å². The molecule has 0 heterocycles. The molecule has 0 bridgehead atoms. The monoisotopic (exact) mass is 1000 g/mol. The number of carboxylic acids is 1. The van der Waals surface area contributed by atoms with Crippen LogP contribution in [0.15, 0.2) is 36.5 Å². The molecular weight excluding hydrogens is 924 g/mol. The van der Waals surface area contributed by atoms with Crippen LogP contribution in [0.2, 0.25) is 0 Å². The van der Waals surface area contributed by atoms with E-state index < -0.39 is 58.3 Å². The Hall–Kier alpha value is -5.10. The van der Waals surface area contributed by atoms with Crippen molar-refractivity contribution in [3.63, 3.8) is 0 Å². The van der Waals surface area contributed by atoms with E-state index in [4.69, 9.17) is 40.4 Å². The Morgan fingerprint density at radius 1 is 0.478 bits per heavy atom. The number of halogens is 1. The summed E-state index contributed by atoms with van der Waals surface area (Å²) in [7, 11) is 2.43. The summed E-state index contributed by atoms with van der Waals surface area (Å²) in [5.41, 5.74) is -0.799. The topological polar surface area (TPSA) is 259 Å². The Morgan fingerprint density at radius 2 is 0.754 bits per heavy atom. The van der Waals surface area contributed by atoms with Crippen LogP contribution in [0.25, 0.3) is 0 Å². The third-order valence-electron chi connectivity index (χ3n) is 11.9. The highest BCUT2D eigenvalue weighted by Gasteiger charge is 2.39. The van der Waals surface area contributed by atoms with Crippen LogP contribution < -0.4 is 0 Å². The van der Waals surface area contributed by atoms with E-state index in [2.05, 4.69) is 29.2 Å². The van der Waals surface area contributed by atoms with Gasteiger partial charge in [-0.05, 0) is 169 Å². The molecule has 3 rings (SSSR count). The summed E-state index contributed by atoms with van der Waals surface area (Å²) in [6.45, 7) is 26.5. The molecule has 18 nitrogen and oxygen atoms in total. The average molecular weight is 1000 g/mol. The van der Waals surface area contributed by atoms with Gasteiger partial charge in [0.1, 0.15) is 48.8 Å². The number of carbonyl (C=O) groups is 9. The minimum Gasteiger partial charge on any atom is -0.481 e. The zero-order valence-electron chi connectivity index (χ0n) is 42.5. The predicted molar refractivity (Wildman–Crippen MR) is 253 cm³/mol. The van der Waals surface area contributed by atoms with Gasteiger partial charge in [0.15, 0.2) is 0 Å². The van der Waals surface area contributed by atoms with Gasteiger partial charge >= 0.3 is 47.8 Å². The molecule has 0 radical (unpaired) electrons. The number of aliphatic hydroxyl groups is 1. The van der Waals surface area contributed by atoms with Crippen LogP contribution >= 0.6 is 11.6 Å². The molecule has 69 heavy (non-hydrogen) atoms. The maximum atomic E-state index is 11.8. The molecule has 0 aromatic heterocycles. The minimum atomic E-state index is -1.20. The van der Waals surface area contributed by atoms with Crippen molar-refractivity contribution in [3.8, 4) is 0 Å². The first-order chi connectivity index (χ1) is 31.7. The van der Waals surface area contributed by atoms with Crippen molar-refractivity contribution in [3.05, 3.63) is 36.5 Å². The number of aliphatic carboxylic acids is 1. The molecular formula is C50H77ClO18. The highest BCUT2D eigenvalue weighted by molar-refractivity contribution is 6.64. The Bertz CT molecular complexity index is 1800. The van der Waals surface area contributed by atoms with E-state index in [-0.39, 0.29) is 60.9 Å². The lowest BCUT2D eigenvalue weighted by atomic mass is 9.77. The standard InChI is InChI=1S/C17H26O6.C16H24O6.C13H22O3.C4H5ClO3/c1-11(2)16(20)22-13-8-6-12(7-9-13)17(3,4)23-15(19)10-14(18)21-5;1-10(2)15(20)21-12-7-5-11(6-8-12)16(3,4)22-14(19)9-13(17)18;1-9(2)12(14)16-11-7-5-10(6-8-11)13(3,4)15;1-8-4(7)2-3(5)6/h12-13H,1,6-10H2,2-5H3;11-12H,1,5-9H2,2-4H3,(H,17,18);10-11,15H,1,5-8H2,2-4H3;2H2,1H3. The number of hydrogen-bond donors (Lipinski definition) is 2. The average Bonchev–Trinajstić information content (AvgIpc) is 3.23. The quantitative estimate of drug-likeness (QED) is 0.0464. The van der Waals surface area contributed by atoms with Gasteiger partial charge in [0.05, 0.1) is 19.8 Å². The highest BCUT2D eigenvalue weighted by Crippen LogP contribution is 2.38. The lowest BCUT2D eigenvalue weighted by molar-refractivity contribution is -0.170. The number of methoxy groups -OCH3 is 2. The van der Waals surface area contributed by atoms with Crippen LogP contribution in [0.4, 0.5) is 0 Å². The van der Waals surface area contributed by atoms with Gasteiger partial charge < -0.3 is 43.4 Å². The molecule has 392 valence electrons. The van der Waals surface area contributed by atoms with E-state index in [9.17, 15) is 48.3 Å².